The fraction of sp³-hybridized carbons (Fsp3) is 0.348. The largest absolute Gasteiger partial charge is 0.490 e. The molecule has 0 radical (unpaired) electrons. The van der Waals surface area contributed by atoms with E-state index in [1.54, 1.807) is 6.08 Å². The molecule has 5 nitrogen and oxygen atoms in total. The van der Waals surface area contributed by atoms with Crippen LogP contribution in [0.3, 0.4) is 0 Å². The van der Waals surface area contributed by atoms with Gasteiger partial charge in [0.2, 0.25) is 5.91 Å². The second-order valence-corrected chi connectivity index (χ2v) is 6.70. The highest BCUT2D eigenvalue weighted by atomic mass is 16.5. The molecule has 5 heteroatoms. The number of anilines is 2. The number of nitrogens with zero attached hydrogens (tertiary/aromatic N) is 1. The zero-order chi connectivity index (χ0) is 20.5. The fourth-order valence-electron chi connectivity index (χ4n) is 2.64. The Hall–Kier alpha value is -2.95. The molecule has 1 N–H and O–H groups in total. The predicted molar refractivity (Wildman–Crippen MR) is 117 cm³/mol. The Bertz CT molecular complexity index is 829. The lowest BCUT2D eigenvalue weighted by Crippen LogP contribution is -2.11. The Morgan fingerprint density at radius 1 is 1.07 bits per heavy atom. The highest BCUT2D eigenvalue weighted by Gasteiger charge is 2.07. The number of carbonyl (C=O) groups is 1. The number of nitrogens with one attached hydrogen (secondary N) is 1. The second-order valence-electron chi connectivity index (χ2n) is 6.70. The predicted octanol–water partition coefficient (Wildman–Crippen LogP) is 4.90. The van der Waals surface area contributed by atoms with E-state index in [2.05, 4.69) is 12.2 Å². The summed E-state index contributed by atoms with van der Waals surface area (Å²) in [5, 5.41) is 2.93. The summed E-state index contributed by atoms with van der Waals surface area (Å²) >= 11 is 0. The first-order valence-corrected chi connectivity index (χ1v) is 9.61. The summed E-state index contributed by atoms with van der Waals surface area (Å²) in [5.74, 6) is 1.24. The molecule has 0 saturated heterocycles. The monoisotopic (exact) mass is 382 g/mol. The lowest BCUT2D eigenvalue weighted by Gasteiger charge is -2.15. The van der Waals surface area contributed by atoms with Crippen molar-refractivity contribution in [1.82, 2.24) is 0 Å². The Labute approximate surface area is 168 Å². The van der Waals surface area contributed by atoms with E-state index in [0.29, 0.717) is 19.0 Å². The third kappa shape index (κ3) is 6.05. The molecule has 0 heterocycles. The van der Waals surface area contributed by atoms with Crippen LogP contribution in [0.1, 0.15) is 31.4 Å². The molecule has 0 atom stereocenters. The molecule has 2 aromatic carbocycles. The first-order valence-electron chi connectivity index (χ1n) is 9.61. The molecule has 1 amide bonds. The van der Waals surface area contributed by atoms with Crippen molar-refractivity contribution in [2.45, 2.75) is 27.2 Å². The molecule has 0 aliphatic heterocycles. The van der Waals surface area contributed by atoms with Crippen molar-refractivity contribution < 1.29 is 14.3 Å². The van der Waals surface area contributed by atoms with Crippen LogP contribution >= 0.6 is 0 Å². The van der Waals surface area contributed by atoms with Crippen molar-refractivity contribution >= 4 is 23.4 Å². The number of rotatable bonds is 9. The van der Waals surface area contributed by atoms with Crippen molar-refractivity contribution in [2.24, 2.45) is 0 Å². The highest BCUT2D eigenvalue weighted by Crippen LogP contribution is 2.29. The second kappa shape index (κ2) is 10.4. The number of benzene rings is 2. The summed E-state index contributed by atoms with van der Waals surface area (Å²) in [6, 6.07) is 11.6. The van der Waals surface area contributed by atoms with Crippen molar-refractivity contribution in [3.05, 3.63) is 53.6 Å². The van der Waals surface area contributed by atoms with Gasteiger partial charge in [0, 0.05) is 31.5 Å². The lowest BCUT2D eigenvalue weighted by molar-refractivity contribution is -0.111. The van der Waals surface area contributed by atoms with E-state index in [-0.39, 0.29) is 5.91 Å². The first kappa shape index (κ1) is 21.4. The van der Waals surface area contributed by atoms with Crippen LogP contribution < -0.4 is 19.7 Å². The van der Waals surface area contributed by atoms with E-state index in [1.165, 1.54) is 6.08 Å². The van der Waals surface area contributed by atoms with Crippen molar-refractivity contribution in [1.29, 1.82) is 0 Å². The van der Waals surface area contributed by atoms with E-state index in [9.17, 15) is 4.79 Å². The summed E-state index contributed by atoms with van der Waals surface area (Å²) in [5.41, 5.74) is 3.80. The minimum absolute atomic E-state index is 0.176. The molecule has 0 saturated carbocycles. The Morgan fingerprint density at radius 2 is 1.86 bits per heavy atom. The molecular weight excluding hydrogens is 352 g/mol. The zero-order valence-corrected chi connectivity index (χ0v) is 17.4. The van der Waals surface area contributed by atoms with Crippen molar-refractivity contribution in [3.63, 3.8) is 0 Å². The van der Waals surface area contributed by atoms with E-state index < -0.39 is 0 Å². The molecule has 0 unspecified atom stereocenters. The molecule has 28 heavy (non-hydrogen) atoms. The maximum Gasteiger partial charge on any atom is 0.248 e. The summed E-state index contributed by atoms with van der Waals surface area (Å²) in [4.78, 5) is 14.3. The van der Waals surface area contributed by atoms with Gasteiger partial charge in [0.25, 0.3) is 0 Å². The maximum atomic E-state index is 12.3. The quantitative estimate of drug-likeness (QED) is 0.627. The van der Waals surface area contributed by atoms with Gasteiger partial charge >= 0.3 is 0 Å². The van der Waals surface area contributed by atoms with E-state index >= 15 is 0 Å². The number of hydrogen-bond donors (Lipinski definition) is 1. The molecule has 0 fully saturated rings. The molecule has 150 valence electrons. The zero-order valence-electron chi connectivity index (χ0n) is 17.4. The SMILES string of the molecule is CCCOc1ccc(C=CC(=O)Nc2ccc(N(C)C)cc2C)cc1OCC. The molecule has 0 bridgehead atoms. The highest BCUT2D eigenvalue weighted by molar-refractivity contribution is 6.02. The third-order valence-corrected chi connectivity index (χ3v) is 4.14. The van der Waals surface area contributed by atoms with Crippen LogP contribution in [0.2, 0.25) is 0 Å². The average molecular weight is 383 g/mol. The summed E-state index contributed by atoms with van der Waals surface area (Å²) < 4.78 is 11.4. The van der Waals surface area contributed by atoms with Gasteiger partial charge in [0.1, 0.15) is 0 Å². The Morgan fingerprint density at radius 3 is 2.50 bits per heavy atom. The maximum absolute atomic E-state index is 12.3. The van der Waals surface area contributed by atoms with Gasteiger partial charge in [-0.3, -0.25) is 4.79 Å². The summed E-state index contributed by atoms with van der Waals surface area (Å²) in [6.07, 6.45) is 4.23. The van der Waals surface area contributed by atoms with E-state index in [1.807, 2.05) is 69.2 Å². The number of carbonyl (C=O) groups excluding carboxylic acids is 1. The van der Waals surface area contributed by atoms with Gasteiger partial charge in [0.15, 0.2) is 11.5 Å². The van der Waals surface area contributed by atoms with Crippen LogP contribution in [-0.4, -0.2) is 33.2 Å². The van der Waals surface area contributed by atoms with Gasteiger partial charge in [-0.1, -0.05) is 13.0 Å². The smallest absolute Gasteiger partial charge is 0.248 e. The van der Waals surface area contributed by atoms with Crippen LogP contribution in [0.5, 0.6) is 11.5 Å². The third-order valence-electron chi connectivity index (χ3n) is 4.14. The minimum atomic E-state index is -0.176. The van der Waals surface area contributed by atoms with E-state index in [0.717, 1.165) is 34.7 Å². The van der Waals surface area contributed by atoms with Crippen molar-refractivity contribution in [2.75, 3.05) is 37.5 Å². The van der Waals surface area contributed by atoms with Gasteiger partial charge in [-0.05, 0) is 67.8 Å². The molecular formula is C23H30N2O3. The van der Waals surface area contributed by atoms with Crippen LogP contribution in [0.25, 0.3) is 6.08 Å². The minimum Gasteiger partial charge on any atom is -0.490 e. The standard InChI is InChI=1S/C23H30N2O3/c1-6-14-28-21-12-8-18(16-22(21)27-7-2)9-13-23(26)24-20-11-10-19(25(4)5)15-17(20)3/h8-13,15-16H,6-7,14H2,1-5H3,(H,24,26). The Kier molecular flexibility index (Phi) is 7.93. The number of hydrogen-bond acceptors (Lipinski definition) is 4. The number of aryl methyl sites for hydroxylation is 1. The number of ether oxygens (including phenoxy) is 2. The lowest BCUT2D eigenvalue weighted by atomic mass is 10.1. The van der Waals surface area contributed by atoms with Gasteiger partial charge in [0.05, 0.1) is 13.2 Å². The van der Waals surface area contributed by atoms with Gasteiger partial charge < -0.3 is 19.7 Å². The van der Waals surface area contributed by atoms with Gasteiger partial charge in [-0.2, -0.15) is 0 Å². The summed E-state index contributed by atoms with van der Waals surface area (Å²) in [7, 11) is 3.98. The molecule has 0 aromatic heterocycles. The van der Waals surface area contributed by atoms with Crippen LogP contribution in [0, 0.1) is 6.92 Å². The summed E-state index contributed by atoms with van der Waals surface area (Å²) in [6.45, 7) is 7.17. The molecule has 2 rings (SSSR count). The fourth-order valence-corrected chi connectivity index (χ4v) is 2.64. The normalized spacial score (nSPS) is 10.8. The van der Waals surface area contributed by atoms with Crippen LogP contribution in [0.4, 0.5) is 11.4 Å². The average Bonchev–Trinajstić information content (AvgIpc) is 2.67. The van der Waals surface area contributed by atoms with E-state index in [4.69, 9.17) is 9.47 Å². The van der Waals surface area contributed by atoms with Crippen molar-refractivity contribution in [3.8, 4) is 11.5 Å². The first-order chi connectivity index (χ1) is 13.4. The van der Waals surface area contributed by atoms with Crippen LogP contribution in [-0.2, 0) is 4.79 Å². The molecule has 0 aliphatic rings. The topological polar surface area (TPSA) is 50.8 Å². The number of amides is 1. The van der Waals surface area contributed by atoms with Crippen LogP contribution in [0.15, 0.2) is 42.5 Å². The Balaban J connectivity index is 2.08. The van der Waals surface area contributed by atoms with Gasteiger partial charge in [-0.25, -0.2) is 0 Å². The molecule has 0 spiro atoms. The molecule has 0 aliphatic carbocycles. The molecule has 2 aromatic rings. The van der Waals surface area contributed by atoms with Gasteiger partial charge in [-0.15, -0.1) is 0 Å².